The summed E-state index contributed by atoms with van der Waals surface area (Å²) in [5, 5.41) is 0. The van der Waals surface area contributed by atoms with Gasteiger partial charge in [0.25, 0.3) is 0 Å². The molecular weight excluding hydrogens is 269 g/mol. The van der Waals surface area contributed by atoms with Crippen molar-refractivity contribution in [2.24, 2.45) is 0 Å². The van der Waals surface area contributed by atoms with E-state index in [1.165, 1.54) is 0 Å². The van der Waals surface area contributed by atoms with E-state index in [2.05, 4.69) is 25.9 Å². The third-order valence-electron chi connectivity index (χ3n) is 0.632. The van der Waals surface area contributed by atoms with Crippen molar-refractivity contribution in [3.8, 4) is 0 Å². The van der Waals surface area contributed by atoms with E-state index in [0.717, 1.165) is 6.54 Å². The van der Waals surface area contributed by atoms with Crippen LogP contribution in [0, 0.1) is 0 Å². The van der Waals surface area contributed by atoms with E-state index < -0.39 is 0 Å². The molecule has 0 amide bonds. The van der Waals surface area contributed by atoms with Crippen LogP contribution in [0.4, 0.5) is 0 Å². The first-order valence-corrected chi connectivity index (χ1v) is 1.92. The van der Waals surface area contributed by atoms with Crippen LogP contribution in [0.15, 0.2) is 0 Å². The number of rotatable bonds is 1. The molecule has 2 heteroatoms. The molecule has 0 N–H and O–H groups in total. The Kier molecular flexibility index (Phi) is 9.79. The maximum absolute atomic E-state index is 2.12. The second-order valence-electron chi connectivity index (χ2n) is 1.40. The van der Waals surface area contributed by atoms with Crippen LogP contribution in [0.25, 0.3) is 0 Å². The fraction of sp³-hybridized carbons (Fsp3) is 1.00. The van der Waals surface area contributed by atoms with E-state index in [1.54, 1.807) is 0 Å². The van der Waals surface area contributed by atoms with Gasteiger partial charge in [0.05, 0.1) is 0 Å². The Morgan fingerprint density at radius 1 is 1.33 bits per heavy atom. The minimum absolute atomic E-state index is 0. The first-order chi connectivity index (χ1) is 2.27. The zero-order valence-electron chi connectivity index (χ0n) is 4.86. The summed E-state index contributed by atoms with van der Waals surface area (Å²) in [6.07, 6.45) is 0. The molecule has 0 saturated heterocycles. The Morgan fingerprint density at radius 2 is 1.50 bits per heavy atom. The Labute approximate surface area is 59.9 Å². The van der Waals surface area contributed by atoms with Gasteiger partial charge in [0.15, 0.2) is 0 Å². The van der Waals surface area contributed by atoms with Crippen molar-refractivity contribution >= 4 is 27.3 Å². The van der Waals surface area contributed by atoms with E-state index in [9.17, 15) is 0 Å². The van der Waals surface area contributed by atoms with Crippen LogP contribution in [-0.4, -0.2) is 52.8 Å². The van der Waals surface area contributed by atoms with Crippen LogP contribution in [-0.2, 0) is 0 Å². The molecule has 0 aromatic carbocycles. The van der Waals surface area contributed by atoms with Crippen molar-refractivity contribution in [2.45, 2.75) is 6.92 Å². The Morgan fingerprint density at radius 3 is 1.50 bits per heavy atom. The van der Waals surface area contributed by atoms with Crippen molar-refractivity contribution in [3.63, 3.8) is 0 Å². The molecule has 0 aliphatic rings. The molecule has 0 saturated carbocycles. The average molecular weight is 282 g/mol. The third-order valence-corrected chi connectivity index (χ3v) is 0.632. The topological polar surface area (TPSA) is 3.24 Å². The van der Waals surface area contributed by atoms with Gasteiger partial charge in [0, 0.05) is 0 Å². The Hall–Kier alpha value is 0.882. The maximum atomic E-state index is 2.12. The number of hydrogen-bond donors (Lipinski definition) is 0. The van der Waals surface area contributed by atoms with Gasteiger partial charge in [-0.3, -0.25) is 0 Å². The predicted molar refractivity (Wildman–Crippen MR) is 32.8 cm³/mol. The van der Waals surface area contributed by atoms with Crippen LogP contribution < -0.4 is 0 Å². The molecule has 0 heterocycles. The van der Waals surface area contributed by atoms with Crippen LogP contribution in [0.1, 0.15) is 6.92 Å². The van der Waals surface area contributed by atoms with Gasteiger partial charge in [-0.15, -0.1) is 0 Å². The summed E-state index contributed by atoms with van der Waals surface area (Å²) in [4.78, 5) is 2.12. The molecule has 0 bridgehead atoms. The van der Waals surface area contributed by atoms with Crippen molar-refractivity contribution in [2.75, 3.05) is 20.6 Å². The number of hydrogen-bond acceptors (Lipinski definition) is 1. The van der Waals surface area contributed by atoms with E-state index >= 15 is 0 Å². The van der Waals surface area contributed by atoms with Gasteiger partial charge >= 0.3 is 27.3 Å². The molecule has 6 heavy (non-hydrogen) atoms. The van der Waals surface area contributed by atoms with E-state index in [4.69, 9.17) is 0 Å². The SMILES string of the molecule is CCN(C)C.[PbH2]. The molecular formula is C4H13NPb. The zero-order chi connectivity index (χ0) is 4.28. The number of nitrogens with zero attached hydrogens (tertiary/aromatic N) is 1. The summed E-state index contributed by atoms with van der Waals surface area (Å²) in [5.41, 5.74) is 0. The molecule has 1 nitrogen and oxygen atoms in total. The molecule has 0 unspecified atom stereocenters. The van der Waals surface area contributed by atoms with E-state index in [0.29, 0.717) is 0 Å². The van der Waals surface area contributed by atoms with Gasteiger partial charge < -0.3 is 4.90 Å². The first kappa shape index (κ1) is 9.99. The fourth-order valence-corrected chi connectivity index (χ4v) is 0. The van der Waals surface area contributed by atoms with Gasteiger partial charge in [-0.25, -0.2) is 0 Å². The van der Waals surface area contributed by atoms with Gasteiger partial charge in [0.1, 0.15) is 0 Å². The van der Waals surface area contributed by atoms with E-state index in [-0.39, 0.29) is 27.3 Å². The Bertz CT molecular complexity index is 21.5. The van der Waals surface area contributed by atoms with Crippen LogP contribution in [0.3, 0.4) is 0 Å². The first-order valence-electron chi connectivity index (χ1n) is 1.92. The van der Waals surface area contributed by atoms with Gasteiger partial charge in [-0.1, -0.05) is 6.92 Å². The summed E-state index contributed by atoms with van der Waals surface area (Å²) in [6, 6.07) is 0. The molecule has 0 aromatic rings. The molecule has 38 valence electrons. The quantitative estimate of drug-likeness (QED) is 0.594. The van der Waals surface area contributed by atoms with E-state index in [1.807, 2.05) is 0 Å². The molecule has 0 aliphatic carbocycles. The fourth-order valence-electron chi connectivity index (χ4n) is 0. The standard InChI is InChI=1S/C4H11N.Pb.2H/c1-4-5(2)3;;;/h4H2,1-3H3;;;. The van der Waals surface area contributed by atoms with Crippen molar-refractivity contribution < 1.29 is 0 Å². The summed E-state index contributed by atoms with van der Waals surface area (Å²) >= 11 is 0. The normalized spacial score (nSPS) is 8.00. The second kappa shape index (κ2) is 5.88. The second-order valence-corrected chi connectivity index (χ2v) is 1.40. The van der Waals surface area contributed by atoms with Crippen molar-refractivity contribution in [3.05, 3.63) is 0 Å². The van der Waals surface area contributed by atoms with Crippen LogP contribution in [0.5, 0.6) is 0 Å². The summed E-state index contributed by atoms with van der Waals surface area (Å²) < 4.78 is 0. The summed E-state index contributed by atoms with van der Waals surface area (Å²) in [6.45, 7) is 3.26. The average Bonchev–Trinajstić information content (AvgIpc) is 1.38. The van der Waals surface area contributed by atoms with Crippen LogP contribution in [0.2, 0.25) is 0 Å². The molecule has 0 atom stereocenters. The summed E-state index contributed by atoms with van der Waals surface area (Å²) in [7, 11) is 4.11. The Balaban J connectivity index is 0. The van der Waals surface area contributed by atoms with Gasteiger partial charge in [-0.05, 0) is 20.6 Å². The molecule has 0 rings (SSSR count). The van der Waals surface area contributed by atoms with Gasteiger partial charge in [0.2, 0.25) is 0 Å². The van der Waals surface area contributed by atoms with Crippen LogP contribution >= 0.6 is 0 Å². The summed E-state index contributed by atoms with van der Waals surface area (Å²) in [5.74, 6) is 0. The van der Waals surface area contributed by atoms with Gasteiger partial charge in [-0.2, -0.15) is 0 Å². The molecule has 0 spiro atoms. The molecule has 2 radical (unpaired) electrons. The molecule has 0 aliphatic heterocycles. The minimum atomic E-state index is 0. The molecule has 0 fully saturated rings. The molecule has 0 aromatic heterocycles. The predicted octanol–water partition coefficient (Wildman–Crippen LogP) is -0.348. The van der Waals surface area contributed by atoms with Crippen molar-refractivity contribution in [1.29, 1.82) is 0 Å². The monoisotopic (exact) mass is 283 g/mol. The zero-order valence-corrected chi connectivity index (χ0v) is 10.4. The van der Waals surface area contributed by atoms with Crippen molar-refractivity contribution in [1.82, 2.24) is 4.90 Å². The third kappa shape index (κ3) is 8.86.